The molecule has 1 aliphatic carbocycles. The van der Waals surface area contributed by atoms with Gasteiger partial charge in [-0.2, -0.15) is 23.4 Å². The molecule has 3 rings (SSSR count). The fourth-order valence-electron chi connectivity index (χ4n) is 3.33. The van der Waals surface area contributed by atoms with Crippen LogP contribution >= 0.6 is 11.8 Å². The summed E-state index contributed by atoms with van der Waals surface area (Å²) in [5.74, 6) is -2.08. The number of amides is 2. The molecule has 0 aliphatic heterocycles. The van der Waals surface area contributed by atoms with Crippen molar-refractivity contribution in [3.63, 3.8) is 0 Å². The van der Waals surface area contributed by atoms with Crippen molar-refractivity contribution in [2.75, 3.05) is 22.6 Å². The standard InChI is InChI=1S/C19H18F3N7O2S/c1-32-15-12(8-23)14(27-17(25)28-15)29-18(7-10(18)6-13(24)30)16(31)26-11-4-2-3-9(5-11)19(20,21)22/h2-5,10H,6-7H2,1H3,(H2,24,30)(H,26,31)(H3,25,27,28,29)/t10?,18-/m1/s1. The van der Waals surface area contributed by atoms with E-state index < -0.39 is 35.0 Å². The summed E-state index contributed by atoms with van der Waals surface area (Å²) in [6.07, 6.45) is -2.92. The number of aromatic nitrogens is 2. The van der Waals surface area contributed by atoms with Crippen LogP contribution in [0.2, 0.25) is 0 Å². The van der Waals surface area contributed by atoms with Gasteiger partial charge in [-0.05, 0) is 30.9 Å². The molecule has 2 atom stereocenters. The molecule has 13 heteroatoms. The summed E-state index contributed by atoms with van der Waals surface area (Å²) in [5, 5.41) is 15.1. The second-order valence-electron chi connectivity index (χ2n) is 7.13. The minimum atomic E-state index is -4.58. The minimum Gasteiger partial charge on any atom is -0.370 e. The fourth-order valence-corrected chi connectivity index (χ4v) is 3.86. The molecule has 0 radical (unpaired) electrons. The summed E-state index contributed by atoms with van der Waals surface area (Å²) >= 11 is 1.15. The predicted octanol–water partition coefficient (Wildman–Crippen LogP) is 2.36. The van der Waals surface area contributed by atoms with Gasteiger partial charge in [0.2, 0.25) is 17.8 Å². The molecule has 0 saturated heterocycles. The van der Waals surface area contributed by atoms with Crippen LogP contribution in [0.25, 0.3) is 0 Å². The van der Waals surface area contributed by atoms with Crippen molar-refractivity contribution < 1.29 is 22.8 Å². The maximum absolute atomic E-state index is 13.1. The maximum atomic E-state index is 13.1. The molecule has 0 spiro atoms. The van der Waals surface area contributed by atoms with Crippen LogP contribution in [0.5, 0.6) is 0 Å². The third-order valence-electron chi connectivity index (χ3n) is 4.95. The number of benzene rings is 1. The van der Waals surface area contributed by atoms with Gasteiger partial charge in [0, 0.05) is 18.0 Å². The van der Waals surface area contributed by atoms with E-state index in [0.717, 1.165) is 30.0 Å². The number of alkyl halides is 3. The summed E-state index contributed by atoms with van der Waals surface area (Å²) in [6, 6.07) is 6.09. The number of hydrogen-bond acceptors (Lipinski definition) is 8. The normalized spacial score (nSPS) is 19.7. The number of primary amides is 1. The lowest BCUT2D eigenvalue weighted by Gasteiger charge is -2.21. The summed E-state index contributed by atoms with van der Waals surface area (Å²) in [4.78, 5) is 32.5. The van der Waals surface area contributed by atoms with Crippen molar-refractivity contribution in [1.82, 2.24) is 9.97 Å². The third-order valence-corrected chi connectivity index (χ3v) is 5.63. The average molecular weight is 465 g/mol. The second kappa shape index (κ2) is 8.54. The Hall–Kier alpha value is -3.53. The van der Waals surface area contributed by atoms with Gasteiger partial charge in [-0.1, -0.05) is 6.07 Å². The number of nitrogens with two attached hydrogens (primary N) is 2. The Bertz CT molecular complexity index is 1120. The number of nitriles is 1. The zero-order valence-corrected chi connectivity index (χ0v) is 17.5. The quantitative estimate of drug-likeness (QED) is 0.358. The van der Waals surface area contributed by atoms with Gasteiger partial charge in [-0.3, -0.25) is 9.59 Å². The molecule has 2 amide bonds. The highest BCUT2D eigenvalue weighted by atomic mass is 32.2. The van der Waals surface area contributed by atoms with Crippen molar-refractivity contribution in [1.29, 1.82) is 5.26 Å². The summed E-state index contributed by atoms with van der Waals surface area (Å²) in [6.45, 7) is 0. The fraction of sp³-hybridized carbons (Fsp3) is 0.316. The van der Waals surface area contributed by atoms with E-state index in [1.165, 1.54) is 6.07 Å². The summed E-state index contributed by atoms with van der Waals surface area (Å²) in [7, 11) is 0. The van der Waals surface area contributed by atoms with E-state index in [4.69, 9.17) is 11.5 Å². The van der Waals surface area contributed by atoms with Crippen LogP contribution in [0.1, 0.15) is 24.0 Å². The number of hydrogen-bond donors (Lipinski definition) is 4. The van der Waals surface area contributed by atoms with Gasteiger partial charge in [-0.25, -0.2) is 4.98 Å². The van der Waals surface area contributed by atoms with Crippen LogP contribution < -0.4 is 22.1 Å². The molecule has 1 unspecified atom stereocenters. The molecule has 1 heterocycles. The Labute approximate surface area is 184 Å². The number of nitrogens with one attached hydrogen (secondary N) is 2. The monoisotopic (exact) mass is 465 g/mol. The van der Waals surface area contributed by atoms with Crippen molar-refractivity contribution in [2.24, 2.45) is 11.7 Å². The molecule has 1 aromatic carbocycles. The van der Waals surface area contributed by atoms with E-state index in [1.54, 1.807) is 6.26 Å². The number of anilines is 3. The van der Waals surface area contributed by atoms with Crippen molar-refractivity contribution >= 4 is 41.0 Å². The van der Waals surface area contributed by atoms with Crippen molar-refractivity contribution in [3.05, 3.63) is 35.4 Å². The van der Waals surface area contributed by atoms with Gasteiger partial charge in [0.1, 0.15) is 22.2 Å². The van der Waals surface area contributed by atoms with Gasteiger partial charge < -0.3 is 22.1 Å². The molecule has 2 aromatic rings. The smallest absolute Gasteiger partial charge is 0.370 e. The second-order valence-corrected chi connectivity index (χ2v) is 7.92. The molecule has 1 aromatic heterocycles. The number of halogens is 3. The molecule has 0 bridgehead atoms. The van der Waals surface area contributed by atoms with E-state index in [9.17, 15) is 28.0 Å². The van der Waals surface area contributed by atoms with Gasteiger partial charge in [0.25, 0.3) is 0 Å². The molecular weight excluding hydrogens is 447 g/mol. The van der Waals surface area contributed by atoms with Crippen LogP contribution in [0.4, 0.5) is 30.6 Å². The van der Waals surface area contributed by atoms with Gasteiger partial charge in [0.05, 0.1) is 5.56 Å². The first-order chi connectivity index (χ1) is 15.0. The zero-order valence-electron chi connectivity index (χ0n) is 16.7. The van der Waals surface area contributed by atoms with E-state index >= 15 is 0 Å². The Morgan fingerprint density at radius 3 is 2.69 bits per heavy atom. The first-order valence-electron chi connectivity index (χ1n) is 9.17. The molecule has 1 fully saturated rings. The van der Waals surface area contributed by atoms with Crippen LogP contribution in [0, 0.1) is 17.2 Å². The Kier molecular flexibility index (Phi) is 6.18. The number of thioether (sulfide) groups is 1. The Morgan fingerprint density at radius 2 is 2.09 bits per heavy atom. The van der Waals surface area contributed by atoms with Crippen molar-refractivity contribution in [2.45, 2.75) is 29.6 Å². The summed E-state index contributed by atoms with van der Waals surface area (Å²) < 4.78 is 39.0. The summed E-state index contributed by atoms with van der Waals surface area (Å²) in [5.41, 5.74) is 8.58. The minimum absolute atomic E-state index is 0.0180. The number of nitrogen functional groups attached to an aromatic ring is 1. The van der Waals surface area contributed by atoms with Crippen LogP contribution in [-0.2, 0) is 15.8 Å². The topological polar surface area (TPSA) is 160 Å². The highest BCUT2D eigenvalue weighted by molar-refractivity contribution is 7.98. The molecular formula is C19H18F3N7O2S. The molecule has 32 heavy (non-hydrogen) atoms. The van der Waals surface area contributed by atoms with E-state index in [2.05, 4.69) is 20.6 Å². The Morgan fingerprint density at radius 1 is 1.38 bits per heavy atom. The Balaban J connectivity index is 1.95. The van der Waals surface area contributed by atoms with Crippen LogP contribution in [0.15, 0.2) is 29.3 Å². The van der Waals surface area contributed by atoms with Gasteiger partial charge in [0.15, 0.2) is 5.82 Å². The van der Waals surface area contributed by atoms with E-state index in [1.807, 2.05) is 6.07 Å². The highest BCUT2D eigenvalue weighted by Crippen LogP contribution is 2.49. The zero-order chi connectivity index (χ0) is 23.7. The number of nitrogens with zero attached hydrogens (tertiary/aromatic N) is 3. The molecule has 1 aliphatic rings. The highest BCUT2D eigenvalue weighted by Gasteiger charge is 2.61. The largest absolute Gasteiger partial charge is 0.416 e. The lowest BCUT2D eigenvalue weighted by molar-refractivity contribution is -0.137. The number of rotatable bonds is 7. The molecule has 1 saturated carbocycles. The lowest BCUT2D eigenvalue weighted by atomic mass is 10.1. The first-order valence-corrected chi connectivity index (χ1v) is 10.4. The van der Waals surface area contributed by atoms with Gasteiger partial charge >= 0.3 is 6.18 Å². The van der Waals surface area contributed by atoms with E-state index in [0.29, 0.717) is 0 Å². The first kappa shape index (κ1) is 23.1. The molecule has 168 valence electrons. The molecule has 6 N–H and O–H groups in total. The number of carbonyl (C=O) groups is 2. The van der Waals surface area contributed by atoms with Crippen molar-refractivity contribution in [3.8, 4) is 6.07 Å². The van der Waals surface area contributed by atoms with E-state index in [-0.39, 0.29) is 40.9 Å². The lowest BCUT2D eigenvalue weighted by Crippen LogP contribution is -2.40. The molecule has 9 nitrogen and oxygen atoms in total. The average Bonchev–Trinajstić information content (AvgIpc) is 3.39. The number of carbonyl (C=O) groups excluding carboxylic acids is 2. The predicted molar refractivity (Wildman–Crippen MR) is 111 cm³/mol. The SMILES string of the molecule is CSc1nc(N)nc(N[C@]2(C(=O)Nc3cccc(C(F)(F)F)c3)CC2CC(N)=O)c1C#N. The van der Waals surface area contributed by atoms with Crippen LogP contribution in [-0.4, -0.2) is 33.6 Å². The maximum Gasteiger partial charge on any atom is 0.416 e. The third kappa shape index (κ3) is 4.70. The van der Waals surface area contributed by atoms with Gasteiger partial charge in [-0.15, -0.1) is 11.8 Å². The van der Waals surface area contributed by atoms with Crippen LogP contribution in [0.3, 0.4) is 0 Å².